The van der Waals surface area contributed by atoms with E-state index >= 15 is 0 Å². The lowest BCUT2D eigenvalue weighted by Crippen LogP contribution is -2.24. The fourth-order valence-electron chi connectivity index (χ4n) is 2.35. The Morgan fingerprint density at radius 3 is 2.62 bits per heavy atom. The van der Waals surface area contributed by atoms with Crippen LogP contribution in [-0.4, -0.2) is 39.5 Å². The highest BCUT2D eigenvalue weighted by Gasteiger charge is 2.22. The molecule has 3 nitrogen and oxygen atoms in total. The number of hydrogen-bond acceptors (Lipinski definition) is 3. The van der Waals surface area contributed by atoms with Crippen molar-refractivity contribution in [3.05, 3.63) is 34.3 Å². The minimum Gasteiger partial charge on any atom is -0.385 e. The average Bonchev–Trinajstić information content (AvgIpc) is 3.31. The van der Waals surface area contributed by atoms with E-state index in [9.17, 15) is 0 Å². The second-order valence-electron chi connectivity index (χ2n) is 5.68. The predicted molar refractivity (Wildman–Crippen MR) is 89.8 cm³/mol. The highest BCUT2D eigenvalue weighted by Crippen LogP contribution is 2.24. The van der Waals surface area contributed by atoms with Gasteiger partial charge in [0.2, 0.25) is 0 Å². The van der Waals surface area contributed by atoms with Crippen LogP contribution in [0.3, 0.4) is 0 Å². The van der Waals surface area contributed by atoms with Gasteiger partial charge in [-0.25, -0.2) is 0 Å². The van der Waals surface area contributed by atoms with Crippen molar-refractivity contribution in [2.45, 2.75) is 37.6 Å². The Bertz CT molecular complexity index is 392. The first kappa shape index (κ1) is 16.9. The van der Waals surface area contributed by atoms with Crippen molar-refractivity contribution in [1.29, 1.82) is 0 Å². The van der Waals surface area contributed by atoms with Crippen LogP contribution in [-0.2, 0) is 9.47 Å². The summed E-state index contributed by atoms with van der Waals surface area (Å²) in [7, 11) is 1.73. The van der Waals surface area contributed by atoms with Crippen LogP contribution in [0.5, 0.6) is 0 Å². The van der Waals surface area contributed by atoms with Gasteiger partial charge in [0.1, 0.15) is 0 Å². The lowest BCUT2D eigenvalue weighted by Gasteiger charge is -2.18. The van der Waals surface area contributed by atoms with Gasteiger partial charge in [0.25, 0.3) is 0 Å². The zero-order chi connectivity index (χ0) is 14.9. The lowest BCUT2D eigenvalue weighted by atomic mass is 9.96. The SMILES string of the molecule is COCCCOCCC(CNC1CC1)c1ccc(Br)cc1. The minimum absolute atomic E-state index is 0.529. The van der Waals surface area contributed by atoms with Gasteiger partial charge in [0, 0.05) is 44.0 Å². The van der Waals surface area contributed by atoms with E-state index in [1.165, 1.54) is 18.4 Å². The number of nitrogens with one attached hydrogen (secondary N) is 1. The molecule has 2 rings (SSSR count). The average molecular weight is 356 g/mol. The maximum absolute atomic E-state index is 5.72. The van der Waals surface area contributed by atoms with Crippen LogP contribution in [0.25, 0.3) is 0 Å². The molecule has 1 aliphatic rings. The van der Waals surface area contributed by atoms with Crippen molar-refractivity contribution in [3.63, 3.8) is 0 Å². The fourth-order valence-corrected chi connectivity index (χ4v) is 2.62. The highest BCUT2D eigenvalue weighted by molar-refractivity contribution is 9.10. The van der Waals surface area contributed by atoms with Gasteiger partial charge in [-0.05, 0) is 49.3 Å². The number of rotatable bonds is 11. The van der Waals surface area contributed by atoms with E-state index in [4.69, 9.17) is 9.47 Å². The summed E-state index contributed by atoms with van der Waals surface area (Å²) in [5.41, 5.74) is 1.40. The van der Waals surface area contributed by atoms with Gasteiger partial charge in [0.15, 0.2) is 0 Å². The summed E-state index contributed by atoms with van der Waals surface area (Å²) in [4.78, 5) is 0. The number of halogens is 1. The van der Waals surface area contributed by atoms with Gasteiger partial charge >= 0.3 is 0 Å². The second-order valence-corrected chi connectivity index (χ2v) is 6.59. The molecule has 1 N–H and O–H groups in total. The molecule has 1 saturated carbocycles. The molecule has 0 saturated heterocycles. The Morgan fingerprint density at radius 1 is 1.19 bits per heavy atom. The lowest BCUT2D eigenvalue weighted by molar-refractivity contribution is 0.0980. The monoisotopic (exact) mass is 355 g/mol. The summed E-state index contributed by atoms with van der Waals surface area (Å²) in [5, 5.41) is 3.64. The van der Waals surface area contributed by atoms with Crippen LogP contribution in [0.1, 0.15) is 37.2 Å². The maximum Gasteiger partial charge on any atom is 0.0487 e. The summed E-state index contributed by atoms with van der Waals surface area (Å²) in [6.07, 6.45) is 4.70. The first-order chi connectivity index (χ1) is 10.3. The molecule has 1 aliphatic carbocycles. The Kier molecular flexibility index (Phi) is 7.72. The summed E-state index contributed by atoms with van der Waals surface area (Å²) >= 11 is 3.50. The van der Waals surface area contributed by atoms with Crippen molar-refractivity contribution in [3.8, 4) is 0 Å². The molecular formula is C17H26BrNO2. The van der Waals surface area contributed by atoms with E-state index in [0.717, 1.165) is 49.7 Å². The number of benzene rings is 1. The molecule has 0 heterocycles. The third kappa shape index (κ3) is 6.92. The summed E-state index contributed by atoms with van der Waals surface area (Å²) < 4.78 is 11.9. The molecule has 1 atom stereocenters. The first-order valence-corrected chi connectivity index (χ1v) is 8.64. The van der Waals surface area contributed by atoms with E-state index in [1.54, 1.807) is 7.11 Å². The van der Waals surface area contributed by atoms with E-state index in [-0.39, 0.29) is 0 Å². The molecule has 1 fully saturated rings. The van der Waals surface area contributed by atoms with Gasteiger partial charge in [-0.2, -0.15) is 0 Å². The highest BCUT2D eigenvalue weighted by atomic mass is 79.9. The Hall–Kier alpha value is -0.420. The van der Waals surface area contributed by atoms with Gasteiger partial charge in [0.05, 0.1) is 0 Å². The van der Waals surface area contributed by atoms with Crippen LogP contribution in [0, 0.1) is 0 Å². The molecule has 1 aromatic carbocycles. The fraction of sp³-hybridized carbons (Fsp3) is 0.647. The molecule has 0 spiro atoms. The quantitative estimate of drug-likeness (QED) is 0.613. The van der Waals surface area contributed by atoms with Gasteiger partial charge in [-0.1, -0.05) is 28.1 Å². The summed E-state index contributed by atoms with van der Waals surface area (Å²) in [6, 6.07) is 9.44. The molecule has 0 aliphatic heterocycles. The summed E-state index contributed by atoms with van der Waals surface area (Å²) in [6.45, 7) is 3.43. The molecule has 118 valence electrons. The number of ether oxygens (including phenoxy) is 2. The van der Waals surface area contributed by atoms with Crippen molar-refractivity contribution in [1.82, 2.24) is 5.32 Å². The van der Waals surface area contributed by atoms with Crippen LogP contribution < -0.4 is 5.32 Å². The maximum atomic E-state index is 5.72. The largest absolute Gasteiger partial charge is 0.385 e. The topological polar surface area (TPSA) is 30.5 Å². The molecule has 0 radical (unpaired) electrons. The van der Waals surface area contributed by atoms with Crippen molar-refractivity contribution >= 4 is 15.9 Å². The number of methoxy groups -OCH3 is 1. The van der Waals surface area contributed by atoms with Crippen LogP contribution in [0.4, 0.5) is 0 Å². The third-order valence-corrected chi connectivity index (χ3v) is 4.35. The standard InChI is InChI=1S/C17H26BrNO2/c1-20-10-2-11-21-12-9-15(13-19-17-7-8-17)14-3-5-16(18)6-4-14/h3-6,15,17,19H,2,7-13H2,1H3. The van der Waals surface area contributed by atoms with E-state index < -0.39 is 0 Å². The van der Waals surface area contributed by atoms with Crippen LogP contribution >= 0.6 is 15.9 Å². The van der Waals surface area contributed by atoms with E-state index in [2.05, 4.69) is 45.5 Å². The van der Waals surface area contributed by atoms with Crippen LogP contribution in [0.15, 0.2) is 28.7 Å². The zero-order valence-electron chi connectivity index (χ0n) is 12.8. The van der Waals surface area contributed by atoms with Crippen molar-refractivity contribution < 1.29 is 9.47 Å². The van der Waals surface area contributed by atoms with E-state index in [0.29, 0.717) is 5.92 Å². The first-order valence-electron chi connectivity index (χ1n) is 7.85. The Labute approximate surface area is 136 Å². The molecule has 1 unspecified atom stereocenters. The van der Waals surface area contributed by atoms with Crippen molar-refractivity contribution in [2.75, 3.05) is 33.5 Å². The van der Waals surface area contributed by atoms with Crippen molar-refractivity contribution in [2.24, 2.45) is 0 Å². The predicted octanol–water partition coefficient (Wildman–Crippen LogP) is 3.73. The van der Waals surface area contributed by atoms with Gasteiger partial charge in [-0.15, -0.1) is 0 Å². The minimum atomic E-state index is 0.529. The van der Waals surface area contributed by atoms with E-state index in [1.807, 2.05) is 0 Å². The zero-order valence-corrected chi connectivity index (χ0v) is 14.4. The molecular weight excluding hydrogens is 330 g/mol. The molecule has 1 aromatic rings. The molecule has 0 aromatic heterocycles. The second kappa shape index (κ2) is 9.57. The molecule has 21 heavy (non-hydrogen) atoms. The number of hydrogen-bond donors (Lipinski definition) is 1. The smallest absolute Gasteiger partial charge is 0.0487 e. The third-order valence-electron chi connectivity index (χ3n) is 3.82. The molecule has 0 amide bonds. The Morgan fingerprint density at radius 2 is 1.95 bits per heavy atom. The van der Waals surface area contributed by atoms with Gasteiger partial charge in [-0.3, -0.25) is 0 Å². The summed E-state index contributed by atoms with van der Waals surface area (Å²) in [5.74, 6) is 0.529. The normalized spacial score (nSPS) is 16.1. The molecule has 4 heteroatoms. The van der Waals surface area contributed by atoms with Crippen LogP contribution in [0.2, 0.25) is 0 Å². The molecule has 0 bridgehead atoms. The Balaban J connectivity index is 1.75. The van der Waals surface area contributed by atoms with Gasteiger partial charge < -0.3 is 14.8 Å².